The minimum absolute atomic E-state index is 0.0353. The van der Waals surface area contributed by atoms with Crippen molar-refractivity contribution in [2.45, 2.75) is 103 Å². The van der Waals surface area contributed by atoms with Gasteiger partial charge in [0.2, 0.25) is 5.91 Å². The zero-order valence-electron chi connectivity index (χ0n) is 18.9. The number of aromatic amines is 1. The Balaban J connectivity index is 2.05. The molecule has 1 aromatic rings. The van der Waals surface area contributed by atoms with Crippen LogP contribution in [0.15, 0.2) is 4.79 Å². The Labute approximate surface area is 182 Å². The van der Waals surface area contributed by atoms with Crippen LogP contribution in [0.2, 0.25) is 0 Å². The highest BCUT2D eigenvalue weighted by Crippen LogP contribution is 2.37. The molecule has 0 bridgehead atoms. The Bertz CT molecular complexity index is 790. The molecule has 1 aromatic heterocycles. The molecule has 176 valence electrons. The van der Waals surface area contributed by atoms with Crippen molar-refractivity contribution >= 4 is 5.91 Å². The number of aromatic nitrogens is 2. The maximum absolute atomic E-state index is 13.3. The molecule has 0 radical (unpaired) electrons. The van der Waals surface area contributed by atoms with E-state index in [1.165, 1.54) is 0 Å². The fraction of sp³-hybridized carbons (Fsp3) is 0.773. The number of fused-ring (bicyclic) bond motifs is 1. The van der Waals surface area contributed by atoms with Gasteiger partial charge in [0, 0.05) is 25.0 Å². The second-order valence-electron chi connectivity index (χ2n) is 8.35. The number of amides is 1. The summed E-state index contributed by atoms with van der Waals surface area (Å²) in [5, 5.41) is 9.03. The summed E-state index contributed by atoms with van der Waals surface area (Å²) in [6.07, 6.45) is 0.990. The molecule has 0 spiro atoms. The molecule has 0 aliphatic heterocycles. The highest BCUT2D eigenvalue weighted by Gasteiger charge is 2.41. The summed E-state index contributed by atoms with van der Waals surface area (Å²) >= 11 is 0. The predicted molar refractivity (Wildman–Crippen MR) is 114 cm³/mol. The van der Waals surface area contributed by atoms with Gasteiger partial charge in [0.1, 0.15) is 5.56 Å². The monoisotopic (exact) mass is 444 g/mol. The third-order valence-corrected chi connectivity index (χ3v) is 6.22. The van der Waals surface area contributed by atoms with E-state index in [1.54, 1.807) is 0 Å². The highest BCUT2D eigenvalue weighted by atomic mass is 19.4. The number of hydrogen-bond acceptors (Lipinski definition) is 4. The molecule has 1 aliphatic rings. The quantitative estimate of drug-likeness (QED) is 0.532. The van der Waals surface area contributed by atoms with Gasteiger partial charge >= 0.3 is 6.18 Å². The SMILES string of the molecule is CCCCC(C)N(C(=O)CCNC1CCc2c1n[nH]c(=O)c2C(F)(F)F)C(CC)CC. The highest BCUT2D eigenvalue weighted by molar-refractivity contribution is 5.77. The third-order valence-electron chi connectivity index (χ3n) is 6.22. The Hall–Kier alpha value is -1.90. The van der Waals surface area contributed by atoms with Crippen LogP contribution in [0.5, 0.6) is 0 Å². The largest absolute Gasteiger partial charge is 0.422 e. The fourth-order valence-corrected chi connectivity index (χ4v) is 4.58. The lowest BCUT2D eigenvalue weighted by Gasteiger charge is -2.36. The van der Waals surface area contributed by atoms with E-state index in [0.29, 0.717) is 13.0 Å². The molecule has 0 fully saturated rings. The van der Waals surface area contributed by atoms with Crippen LogP contribution in [0.25, 0.3) is 0 Å². The van der Waals surface area contributed by atoms with Gasteiger partial charge in [0.05, 0.1) is 11.7 Å². The molecule has 6 nitrogen and oxygen atoms in total. The molecule has 2 unspecified atom stereocenters. The third kappa shape index (κ3) is 6.08. The lowest BCUT2D eigenvalue weighted by atomic mass is 10.0. The number of unbranched alkanes of at least 4 members (excludes halogenated alkanes) is 1. The smallest absolute Gasteiger partial charge is 0.337 e. The van der Waals surface area contributed by atoms with Crippen LogP contribution >= 0.6 is 0 Å². The van der Waals surface area contributed by atoms with Gasteiger partial charge in [0.15, 0.2) is 0 Å². The number of alkyl halides is 3. The number of nitrogens with one attached hydrogen (secondary N) is 2. The van der Waals surface area contributed by atoms with Crippen molar-refractivity contribution in [3.63, 3.8) is 0 Å². The van der Waals surface area contributed by atoms with Crippen molar-refractivity contribution in [2.75, 3.05) is 6.54 Å². The molecule has 1 amide bonds. The van der Waals surface area contributed by atoms with Crippen molar-refractivity contribution in [3.05, 3.63) is 27.2 Å². The summed E-state index contributed by atoms with van der Waals surface area (Å²) in [5.74, 6) is 0.0634. The van der Waals surface area contributed by atoms with Crippen molar-refractivity contribution < 1.29 is 18.0 Å². The number of rotatable bonds is 11. The van der Waals surface area contributed by atoms with Gasteiger partial charge < -0.3 is 10.2 Å². The molecular weight excluding hydrogens is 409 g/mol. The van der Waals surface area contributed by atoms with Gasteiger partial charge in [0.25, 0.3) is 5.56 Å². The number of nitrogens with zero attached hydrogens (tertiary/aromatic N) is 2. The van der Waals surface area contributed by atoms with Crippen molar-refractivity contribution in [2.24, 2.45) is 0 Å². The van der Waals surface area contributed by atoms with E-state index in [9.17, 15) is 22.8 Å². The van der Waals surface area contributed by atoms with Gasteiger partial charge in [-0.3, -0.25) is 9.59 Å². The Morgan fingerprint density at radius 2 is 1.97 bits per heavy atom. The molecule has 9 heteroatoms. The first kappa shape index (κ1) is 25.4. The average molecular weight is 445 g/mol. The summed E-state index contributed by atoms with van der Waals surface area (Å²) in [7, 11) is 0. The van der Waals surface area contributed by atoms with E-state index in [0.717, 1.165) is 32.1 Å². The lowest BCUT2D eigenvalue weighted by Crippen LogP contribution is -2.46. The molecule has 0 saturated carbocycles. The van der Waals surface area contributed by atoms with Crippen LogP contribution in [0.3, 0.4) is 0 Å². The summed E-state index contributed by atoms with van der Waals surface area (Å²) in [4.78, 5) is 26.7. The van der Waals surface area contributed by atoms with Crippen molar-refractivity contribution in [3.8, 4) is 0 Å². The van der Waals surface area contributed by atoms with Crippen LogP contribution in [0, 0.1) is 0 Å². The summed E-state index contributed by atoms with van der Waals surface area (Å²) in [6, 6.07) is -0.0573. The fourth-order valence-electron chi connectivity index (χ4n) is 4.58. The molecule has 2 rings (SSSR count). The number of H-pyrrole nitrogens is 1. The Morgan fingerprint density at radius 1 is 1.29 bits per heavy atom. The van der Waals surface area contributed by atoms with Gasteiger partial charge in [-0.25, -0.2) is 5.10 Å². The summed E-state index contributed by atoms with van der Waals surface area (Å²) in [5.41, 5.74) is -2.16. The maximum Gasteiger partial charge on any atom is 0.422 e. The predicted octanol–water partition coefficient (Wildman–Crippen LogP) is 4.35. The molecule has 1 aliphatic carbocycles. The van der Waals surface area contributed by atoms with Crippen molar-refractivity contribution in [1.29, 1.82) is 0 Å². The molecule has 31 heavy (non-hydrogen) atoms. The second kappa shape index (κ2) is 11.1. The minimum atomic E-state index is -4.71. The first-order valence-corrected chi connectivity index (χ1v) is 11.4. The van der Waals surface area contributed by atoms with Gasteiger partial charge in [-0.1, -0.05) is 33.6 Å². The molecular formula is C22H35F3N4O2. The number of carbonyl (C=O) groups is 1. The Morgan fingerprint density at radius 3 is 2.55 bits per heavy atom. The first-order chi connectivity index (χ1) is 14.6. The van der Waals surface area contributed by atoms with E-state index in [-0.39, 0.29) is 42.1 Å². The second-order valence-corrected chi connectivity index (χ2v) is 8.35. The van der Waals surface area contributed by atoms with Gasteiger partial charge in [-0.05, 0) is 44.6 Å². The minimum Gasteiger partial charge on any atom is -0.337 e. The normalized spacial score (nSPS) is 17.1. The first-order valence-electron chi connectivity index (χ1n) is 11.4. The van der Waals surface area contributed by atoms with Gasteiger partial charge in [-0.2, -0.15) is 18.3 Å². The average Bonchev–Trinajstić information content (AvgIpc) is 3.11. The molecule has 2 N–H and O–H groups in total. The van der Waals surface area contributed by atoms with E-state index < -0.39 is 23.3 Å². The number of hydrogen-bond donors (Lipinski definition) is 2. The van der Waals surface area contributed by atoms with E-state index in [2.05, 4.69) is 38.1 Å². The topological polar surface area (TPSA) is 78.1 Å². The summed E-state index contributed by atoms with van der Waals surface area (Å²) < 4.78 is 39.8. The van der Waals surface area contributed by atoms with E-state index in [4.69, 9.17) is 0 Å². The van der Waals surface area contributed by atoms with Crippen LogP contribution < -0.4 is 10.9 Å². The lowest BCUT2D eigenvalue weighted by molar-refractivity contribution is -0.139. The van der Waals surface area contributed by atoms with Crippen molar-refractivity contribution in [1.82, 2.24) is 20.4 Å². The van der Waals surface area contributed by atoms with Crippen LogP contribution in [-0.2, 0) is 17.4 Å². The molecule has 0 aromatic carbocycles. The van der Waals surface area contributed by atoms with E-state index >= 15 is 0 Å². The number of carbonyl (C=O) groups excluding carboxylic acids is 1. The van der Waals surface area contributed by atoms with Crippen LogP contribution in [0.1, 0.15) is 95.5 Å². The maximum atomic E-state index is 13.3. The van der Waals surface area contributed by atoms with Crippen LogP contribution in [0.4, 0.5) is 13.2 Å². The summed E-state index contributed by atoms with van der Waals surface area (Å²) in [6.45, 7) is 8.73. The zero-order chi connectivity index (χ0) is 23.2. The molecule has 2 atom stereocenters. The zero-order valence-corrected chi connectivity index (χ0v) is 18.9. The van der Waals surface area contributed by atoms with Gasteiger partial charge in [-0.15, -0.1) is 0 Å². The van der Waals surface area contributed by atoms with Crippen LogP contribution in [-0.4, -0.2) is 39.6 Å². The number of halogens is 3. The molecule has 0 saturated heterocycles. The molecule has 1 heterocycles. The van der Waals surface area contributed by atoms with E-state index in [1.807, 2.05) is 10.00 Å². The standard InChI is InChI=1S/C22H35F3N4O2/c1-5-8-9-14(4)29(15(6-2)7-3)18(30)12-13-26-17-11-10-16-19(22(23,24)25)21(31)28-27-20(16)17/h14-15,17,26H,5-13H2,1-4H3,(H,28,31). The Kier molecular flexibility index (Phi) is 9.09.